The van der Waals surface area contributed by atoms with Crippen LogP contribution in [-0.4, -0.2) is 17.3 Å². The predicted molar refractivity (Wildman–Crippen MR) is 84.0 cm³/mol. The van der Waals surface area contributed by atoms with Crippen molar-refractivity contribution < 1.29 is 23.9 Å². The molecule has 0 bridgehead atoms. The lowest BCUT2D eigenvalue weighted by molar-refractivity contribution is -0.788. The van der Waals surface area contributed by atoms with E-state index in [0.29, 0.717) is 24.7 Å². The Morgan fingerprint density at radius 3 is 2.52 bits per heavy atom. The molecular weight excluding hydrogens is 343 g/mol. The third-order valence-corrected chi connectivity index (χ3v) is 2.81. The number of rotatable bonds is 6. The Morgan fingerprint density at radius 1 is 1.22 bits per heavy atom. The van der Waals surface area contributed by atoms with Crippen molar-refractivity contribution in [3.8, 4) is 0 Å². The summed E-state index contributed by atoms with van der Waals surface area (Å²) in [5, 5.41) is 11.6. The molecule has 0 saturated heterocycles. The lowest BCUT2D eigenvalue weighted by atomic mass is 10.2. The fourth-order valence-electron chi connectivity index (χ4n) is 1.74. The largest absolute Gasteiger partial charge is 0.411 e. The molecule has 0 aromatic carbocycles. The van der Waals surface area contributed by atoms with Crippen molar-refractivity contribution in [1.82, 2.24) is 0 Å². The molecule has 0 fully saturated rings. The Hall–Kier alpha value is -2.22. The third kappa shape index (κ3) is 6.19. The van der Waals surface area contributed by atoms with Gasteiger partial charge in [-0.3, -0.25) is 9.53 Å². The van der Waals surface area contributed by atoms with Crippen LogP contribution in [0.3, 0.4) is 0 Å². The van der Waals surface area contributed by atoms with Crippen LogP contribution in [0.25, 0.3) is 0 Å². The van der Waals surface area contributed by atoms with Crippen molar-refractivity contribution in [1.29, 1.82) is 0 Å². The number of ether oxygens (including phenoxy) is 1. The van der Waals surface area contributed by atoms with Gasteiger partial charge in [-0.1, -0.05) is 5.16 Å². The highest BCUT2D eigenvalue weighted by molar-refractivity contribution is 6.85. The van der Waals surface area contributed by atoms with Gasteiger partial charge in [0.2, 0.25) is 11.6 Å². The van der Waals surface area contributed by atoms with E-state index in [2.05, 4.69) is 26.9 Å². The highest BCUT2D eigenvalue weighted by Gasteiger charge is 2.09. The molecule has 0 aliphatic carbocycles. The summed E-state index contributed by atoms with van der Waals surface area (Å²) in [6, 6.07) is 8.76. The highest BCUT2D eigenvalue weighted by Crippen LogP contribution is 1.93. The Labute approximate surface area is 142 Å². The standard InChI is InChI=1S/C14H14N4O3.Cl2/c15-14(19)12-4-7-17(8-5-12)10-21-11-18-6-2-1-3-13(18)9-16-20;1-2/h1-9H,10-11H2,(H-,15,19);/p+2. The van der Waals surface area contributed by atoms with Gasteiger partial charge in [0, 0.05) is 46.0 Å². The van der Waals surface area contributed by atoms with Crippen LogP contribution in [0.2, 0.25) is 0 Å². The molecule has 1 amide bonds. The fourth-order valence-corrected chi connectivity index (χ4v) is 1.74. The third-order valence-electron chi connectivity index (χ3n) is 2.81. The number of oxime groups is 1. The summed E-state index contributed by atoms with van der Waals surface area (Å²) < 4.78 is 9.12. The lowest BCUT2D eigenvalue weighted by Gasteiger charge is -2.00. The second-order valence-electron chi connectivity index (χ2n) is 4.27. The maximum atomic E-state index is 11.0. The zero-order valence-corrected chi connectivity index (χ0v) is 13.6. The summed E-state index contributed by atoms with van der Waals surface area (Å²) in [6.07, 6.45) is 6.58. The maximum Gasteiger partial charge on any atom is 0.258 e. The lowest BCUT2D eigenvalue weighted by Crippen LogP contribution is -2.42. The minimum Gasteiger partial charge on any atom is -0.411 e. The Morgan fingerprint density at radius 2 is 1.91 bits per heavy atom. The molecule has 0 saturated carbocycles. The molecule has 0 aliphatic rings. The van der Waals surface area contributed by atoms with Gasteiger partial charge in [0.1, 0.15) is 6.21 Å². The molecule has 122 valence electrons. The van der Waals surface area contributed by atoms with E-state index in [1.54, 1.807) is 39.7 Å². The van der Waals surface area contributed by atoms with Gasteiger partial charge >= 0.3 is 0 Å². The van der Waals surface area contributed by atoms with Crippen LogP contribution in [0.15, 0.2) is 54.1 Å². The van der Waals surface area contributed by atoms with Crippen molar-refractivity contribution in [2.75, 3.05) is 0 Å². The molecule has 0 aliphatic heterocycles. The molecule has 0 unspecified atom stereocenters. The van der Waals surface area contributed by atoms with Gasteiger partial charge in [0.15, 0.2) is 18.6 Å². The van der Waals surface area contributed by atoms with Gasteiger partial charge in [0.05, 0.1) is 5.56 Å². The Kier molecular flexibility index (Phi) is 8.59. The molecule has 2 aromatic heterocycles. The topological polar surface area (TPSA) is 92.7 Å². The van der Waals surface area contributed by atoms with Crippen LogP contribution >= 0.6 is 21.7 Å². The van der Waals surface area contributed by atoms with Gasteiger partial charge in [-0.15, -0.1) is 0 Å². The first-order chi connectivity index (χ1) is 11.2. The first-order valence-corrected chi connectivity index (χ1v) is 7.52. The molecule has 0 spiro atoms. The van der Waals surface area contributed by atoms with Crippen molar-refractivity contribution in [2.45, 2.75) is 13.5 Å². The first-order valence-electron chi connectivity index (χ1n) is 6.37. The zero-order valence-electron chi connectivity index (χ0n) is 12.0. The number of amides is 1. The summed E-state index contributed by atoms with van der Waals surface area (Å²) in [5.41, 5.74) is 6.34. The average molecular weight is 359 g/mol. The van der Waals surface area contributed by atoms with E-state index in [4.69, 9.17) is 15.7 Å². The number of primary amides is 1. The van der Waals surface area contributed by atoms with Crippen LogP contribution in [0.4, 0.5) is 0 Å². The number of hydrogen-bond acceptors (Lipinski definition) is 4. The quantitative estimate of drug-likeness (QED) is 0.351. The number of halogens is 2. The van der Waals surface area contributed by atoms with Crippen molar-refractivity contribution in [3.05, 3.63) is 60.2 Å². The number of carbonyl (C=O) groups is 1. The molecule has 3 N–H and O–H groups in total. The van der Waals surface area contributed by atoms with E-state index in [1.165, 1.54) is 6.21 Å². The normalized spacial score (nSPS) is 10.2. The van der Waals surface area contributed by atoms with Crippen LogP contribution in [-0.2, 0) is 18.2 Å². The van der Waals surface area contributed by atoms with Gasteiger partial charge in [-0.2, -0.15) is 9.13 Å². The van der Waals surface area contributed by atoms with E-state index in [0.717, 1.165) is 0 Å². The van der Waals surface area contributed by atoms with E-state index < -0.39 is 5.91 Å². The van der Waals surface area contributed by atoms with E-state index in [9.17, 15) is 4.79 Å². The molecule has 23 heavy (non-hydrogen) atoms. The summed E-state index contributed by atoms with van der Waals surface area (Å²) >= 11 is 0. The van der Waals surface area contributed by atoms with Gasteiger partial charge in [-0.25, -0.2) is 0 Å². The summed E-state index contributed by atoms with van der Waals surface area (Å²) in [4.78, 5) is 11.0. The first kappa shape index (κ1) is 18.8. The zero-order chi connectivity index (χ0) is 17.1. The number of carbonyl (C=O) groups excluding carboxylic acids is 1. The van der Waals surface area contributed by atoms with E-state index in [1.807, 2.05) is 18.3 Å². The van der Waals surface area contributed by atoms with Crippen LogP contribution in [0.1, 0.15) is 16.1 Å². The summed E-state index contributed by atoms with van der Waals surface area (Å²) in [5.74, 6) is -0.462. The molecule has 9 heteroatoms. The van der Waals surface area contributed by atoms with Crippen molar-refractivity contribution in [3.63, 3.8) is 0 Å². The molecule has 2 aromatic rings. The van der Waals surface area contributed by atoms with Gasteiger partial charge in [-0.05, 0) is 6.07 Å². The minimum atomic E-state index is -0.462. The van der Waals surface area contributed by atoms with Crippen LogP contribution in [0, 0.1) is 0 Å². The van der Waals surface area contributed by atoms with Gasteiger partial charge in [0.25, 0.3) is 13.5 Å². The highest BCUT2D eigenvalue weighted by atomic mass is 36.5. The molecule has 0 radical (unpaired) electrons. The van der Waals surface area contributed by atoms with Crippen molar-refractivity contribution in [2.24, 2.45) is 10.9 Å². The van der Waals surface area contributed by atoms with E-state index >= 15 is 0 Å². The average Bonchev–Trinajstić information content (AvgIpc) is 2.59. The molecular formula is C14H16Cl2N4O3+2. The fraction of sp³-hybridized carbons (Fsp3) is 0.143. The molecule has 7 nitrogen and oxygen atoms in total. The number of aromatic nitrogens is 2. The molecule has 2 rings (SSSR count). The summed E-state index contributed by atoms with van der Waals surface area (Å²) in [7, 11) is 8.22. The maximum absolute atomic E-state index is 11.0. The van der Waals surface area contributed by atoms with Gasteiger partial charge < -0.3 is 10.9 Å². The number of nitrogens with zero attached hydrogens (tertiary/aromatic N) is 3. The van der Waals surface area contributed by atoms with Crippen LogP contribution in [0.5, 0.6) is 0 Å². The Balaban J connectivity index is 0.00000127. The molecule has 0 atom stereocenters. The predicted octanol–water partition coefficient (Wildman–Crippen LogP) is 1.18. The number of nitrogens with two attached hydrogens (primary N) is 1. The van der Waals surface area contributed by atoms with Crippen LogP contribution < -0.4 is 14.9 Å². The number of pyridine rings is 2. The smallest absolute Gasteiger partial charge is 0.258 e. The second kappa shape index (κ2) is 10.5. The minimum absolute atomic E-state index is 0.298. The summed E-state index contributed by atoms with van der Waals surface area (Å²) in [6.45, 7) is 0.614. The number of hydrogen-bond donors (Lipinski definition) is 2. The monoisotopic (exact) mass is 358 g/mol. The second-order valence-corrected chi connectivity index (χ2v) is 4.27. The van der Waals surface area contributed by atoms with Crippen molar-refractivity contribution >= 4 is 33.8 Å². The van der Waals surface area contributed by atoms with E-state index in [-0.39, 0.29) is 0 Å². The Bertz CT molecular complexity index is 651. The molecule has 2 heterocycles. The SMILES string of the molecule is ClCl.NC(=O)c1cc[n+](COC[n+]2ccccc2/C=N/O)cc1.